The lowest BCUT2D eigenvalue weighted by atomic mass is 9.75. The molecule has 2 atom stereocenters. The fraction of sp³-hybridized carbons (Fsp3) is 0.560. The normalized spacial score (nSPS) is 24.1. The maximum absolute atomic E-state index is 15.4. The Morgan fingerprint density at radius 2 is 2.03 bits per heavy atom. The molecule has 0 unspecified atom stereocenters. The Morgan fingerprint density at radius 3 is 2.67 bits per heavy atom. The lowest BCUT2D eigenvalue weighted by Gasteiger charge is -2.29. The fourth-order valence-corrected chi connectivity index (χ4v) is 5.32. The first kappa shape index (κ1) is 22.1. The molecular formula is C25H31FN4O3. The van der Waals surface area contributed by atoms with Crippen molar-refractivity contribution in [2.75, 3.05) is 5.32 Å². The van der Waals surface area contributed by atoms with Gasteiger partial charge < -0.3 is 16.2 Å². The van der Waals surface area contributed by atoms with Gasteiger partial charge in [-0.3, -0.25) is 9.59 Å². The number of benzene rings is 1. The molecule has 1 heterocycles. The summed E-state index contributed by atoms with van der Waals surface area (Å²) < 4.78 is 16.9. The molecule has 3 aliphatic carbocycles. The zero-order chi connectivity index (χ0) is 23.5. The van der Waals surface area contributed by atoms with Crippen molar-refractivity contribution < 1.29 is 19.1 Å². The first-order valence-electron chi connectivity index (χ1n) is 11.9. The highest BCUT2D eigenvalue weighted by Gasteiger charge is 2.38. The molecule has 176 valence electrons. The molecule has 5 rings (SSSR count). The van der Waals surface area contributed by atoms with Gasteiger partial charge in [-0.15, -0.1) is 0 Å². The van der Waals surface area contributed by atoms with E-state index in [1.54, 1.807) is 10.7 Å². The smallest absolute Gasteiger partial charge is 0.250 e. The number of primary amides is 1. The van der Waals surface area contributed by atoms with Crippen LogP contribution >= 0.6 is 0 Å². The monoisotopic (exact) mass is 454 g/mol. The van der Waals surface area contributed by atoms with E-state index in [2.05, 4.69) is 5.32 Å². The second-order valence-electron chi connectivity index (χ2n) is 10.7. The average Bonchev–Trinajstić information content (AvgIpc) is 3.35. The minimum atomic E-state index is -0.747. The van der Waals surface area contributed by atoms with Gasteiger partial charge in [-0.2, -0.15) is 5.10 Å². The number of nitrogens with two attached hydrogens (primary N) is 1. The highest BCUT2D eigenvalue weighted by atomic mass is 19.1. The predicted molar refractivity (Wildman–Crippen MR) is 122 cm³/mol. The first-order chi connectivity index (χ1) is 15.6. The molecule has 2 fully saturated rings. The number of halogens is 1. The van der Waals surface area contributed by atoms with Crippen molar-refractivity contribution in [2.24, 2.45) is 17.1 Å². The van der Waals surface area contributed by atoms with Gasteiger partial charge in [0.1, 0.15) is 11.5 Å². The van der Waals surface area contributed by atoms with E-state index in [0.29, 0.717) is 36.4 Å². The topological polar surface area (TPSA) is 110 Å². The van der Waals surface area contributed by atoms with Crippen LogP contribution in [0.25, 0.3) is 5.69 Å². The van der Waals surface area contributed by atoms with Gasteiger partial charge in [0.05, 0.1) is 34.7 Å². The Labute approximate surface area is 192 Å². The molecule has 0 bridgehead atoms. The molecule has 0 aliphatic heterocycles. The molecule has 7 nitrogen and oxygen atoms in total. The van der Waals surface area contributed by atoms with Crippen LogP contribution in [0.1, 0.15) is 84.5 Å². The number of hydrogen-bond acceptors (Lipinski definition) is 5. The number of amides is 1. The minimum Gasteiger partial charge on any atom is -0.391 e. The fourth-order valence-electron chi connectivity index (χ4n) is 5.32. The number of rotatable bonds is 6. The molecule has 8 heteroatoms. The van der Waals surface area contributed by atoms with Crippen molar-refractivity contribution in [1.82, 2.24) is 9.78 Å². The van der Waals surface area contributed by atoms with Crippen LogP contribution in [0.15, 0.2) is 12.1 Å². The van der Waals surface area contributed by atoms with Gasteiger partial charge in [0.15, 0.2) is 5.78 Å². The Hall–Kier alpha value is -2.74. The number of carbonyl (C=O) groups excluding carboxylic acids is 2. The maximum Gasteiger partial charge on any atom is 0.250 e. The molecule has 2 saturated carbocycles. The molecule has 4 N–H and O–H groups in total. The highest BCUT2D eigenvalue weighted by molar-refractivity contribution is 6.00. The Morgan fingerprint density at radius 1 is 1.27 bits per heavy atom. The molecule has 33 heavy (non-hydrogen) atoms. The molecule has 3 aliphatic rings. The number of nitrogens with one attached hydrogen (secondary N) is 1. The molecular weight excluding hydrogens is 423 g/mol. The number of hydrogen-bond donors (Lipinski definition) is 3. The quantitative estimate of drug-likeness (QED) is 0.618. The lowest BCUT2D eigenvalue weighted by molar-refractivity contribution is 0.0909. The van der Waals surface area contributed by atoms with Gasteiger partial charge in [-0.1, -0.05) is 13.8 Å². The SMILES string of the molecule is CC1(C)CC(=O)c2c(CC3CC3)nn(-c3cc(N[C@H]4CCC[C@@H]4O)c(C(N)=O)cc3F)c2C1. The number of aliphatic hydroxyl groups excluding tert-OH is 1. The summed E-state index contributed by atoms with van der Waals surface area (Å²) >= 11 is 0. The first-order valence-corrected chi connectivity index (χ1v) is 11.9. The van der Waals surface area contributed by atoms with E-state index in [4.69, 9.17) is 10.8 Å². The third-order valence-electron chi connectivity index (χ3n) is 7.20. The van der Waals surface area contributed by atoms with Crippen molar-refractivity contribution in [3.05, 3.63) is 40.5 Å². The third kappa shape index (κ3) is 4.16. The van der Waals surface area contributed by atoms with Gasteiger partial charge in [-0.25, -0.2) is 9.07 Å². The summed E-state index contributed by atoms with van der Waals surface area (Å²) in [6.07, 6.45) is 5.77. The van der Waals surface area contributed by atoms with E-state index >= 15 is 4.39 Å². The Balaban J connectivity index is 1.63. The van der Waals surface area contributed by atoms with E-state index in [1.807, 2.05) is 13.8 Å². The summed E-state index contributed by atoms with van der Waals surface area (Å²) in [5.74, 6) is -0.780. The van der Waals surface area contributed by atoms with Crippen LogP contribution in [0.3, 0.4) is 0 Å². The minimum absolute atomic E-state index is 0.0333. The summed E-state index contributed by atoms with van der Waals surface area (Å²) in [6.45, 7) is 4.07. The number of carbonyl (C=O) groups is 2. The van der Waals surface area contributed by atoms with Crippen LogP contribution in [-0.4, -0.2) is 38.7 Å². The summed E-state index contributed by atoms with van der Waals surface area (Å²) in [5.41, 5.74) is 7.98. The number of fused-ring (bicyclic) bond motifs is 1. The Bertz CT molecular complexity index is 1140. The van der Waals surface area contributed by atoms with E-state index in [1.165, 1.54) is 0 Å². The van der Waals surface area contributed by atoms with Crippen LogP contribution in [0.2, 0.25) is 0 Å². The van der Waals surface area contributed by atoms with Crippen LogP contribution in [0.5, 0.6) is 0 Å². The van der Waals surface area contributed by atoms with Crippen LogP contribution < -0.4 is 11.1 Å². The van der Waals surface area contributed by atoms with Gasteiger partial charge in [0.25, 0.3) is 5.91 Å². The van der Waals surface area contributed by atoms with Gasteiger partial charge in [-0.05, 0) is 68.4 Å². The second-order valence-corrected chi connectivity index (χ2v) is 10.7. The summed E-state index contributed by atoms with van der Waals surface area (Å²) in [5, 5.41) is 18.2. The molecule has 1 aromatic heterocycles. The van der Waals surface area contributed by atoms with Crippen molar-refractivity contribution >= 4 is 17.4 Å². The summed E-state index contributed by atoms with van der Waals surface area (Å²) in [7, 11) is 0. The number of nitrogens with zero attached hydrogens (tertiary/aromatic N) is 2. The number of aliphatic hydroxyl groups is 1. The molecule has 2 aromatic rings. The lowest BCUT2D eigenvalue weighted by Crippen LogP contribution is -2.30. The van der Waals surface area contributed by atoms with Crippen LogP contribution in [0.4, 0.5) is 10.1 Å². The zero-order valence-corrected chi connectivity index (χ0v) is 19.2. The highest BCUT2D eigenvalue weighted by Crippen LogP contribution is 2.41. The van der Waals surface area contributed by atoms with E-state index in [0.717, 1.165) is 49.6 Å². The molecule has 0 spiro atoms. The van der Waals surface area contributed by atoms with Crippen molar-refractivity contribution in [3.8, 4) is 5.69 Å². The molecule has 0 radical (unpaired) electrons. The number of anilines is 1. The predicted octanol–water partition coefficient (Wildman–Crippen LogP) is 3.54. The summed E-state index contributed by atoms with van der Waals surface area (Å²) in [6, 6.07) is 2.44. The van der Waals surface area contributed by atoms with Crippen molar-refractivity contribution in [2.45, 2.75) is 77.4 Å². The van der Waals surface area contributed by atoms with Gasteiger partial charge in [0, 0.05) is 12.1 Å². The standard InChI is InChI=1S/C25H31FN4O3/c1-25(2)11-20-23(22(32)12-25)18(8-13-6-7-13)29-30(20)19-10-17(14(24(27)33)9-15(19)26)28-16-4-3-5-21(16)31/h9-10,13,16,21,28,31H,3-8,11-12H2,1-2H3,(H2,27,33)/t16-,21-/m0/s1. The molecule has 0 saturated heterocycles. The molecule has 1 aromatic carbocycles. The van der Waals surface area contributed by atoms with Crippen molar-refractivity contribution in [1.29, 1.82) is 0 Å². The van der Waals surface area contributed by atoms with Gasteiger partial charge in [0.2, 0.25) is 0 Å². The second kappa shape index (κ2) is 7.94. The average molecular weight is 455 g/mol. The van der Waals surface area contributed by atoms with Crippen LogP contribution in [-0.2, 0) is 12.8 Å². The number of aromatic nitrogens is 2. The molecule has 1 amide bonds. The number of ketones is 1. The largest absolute Gasteiger partial charge is 0.391 e. The van der Waals surface area contributed by atoms with Gasteiger partial charge >= 0.3 is 0 Å². The zero-order valence-electron chi connectivity index (χ0n) is 19.2. The van der Waals surface area contributed by atoms with Crippen molar-refractivity contribution in [3.63, 3.8) is 0 Å². The number of Topliss-reactive ketones (excluding diaryl/α,β-unsaturated/α-hetero) is 1. The van der Waals surface area contributed by atoms with E-state index < -0.39 is 17.8 Å². The maximum atomic E-state index is 15.4. The third-order valence-corrected chi connectivity index (χ3v) is 7.20. The Kier molecular flexibility index (Phi) is 5.31. The van der Waals surface area contributed by atoms with E-state index in [-0.39, 0.29) is 28.5 Å². The van der Waals surface area contributed by atoms with E-state index in [9.17, 15) is 14.7 Å². The van der Waals surface area contributed by atoms with Crippen LogP contribution in [0, 0.1) is 17.2 Å². The summed E-state index contributed by atoms with van der Waals surface area (Å²) in [4.78, 5) is 25.1.